The Bertz CT molecular complexity index is 92.7. The van der Waals surface area contributed by atoms with E-state index >= 15 is 0 Å². The quantitative estimate of drug-likeness (QED) is 0.312. The first-order valence-corrected chi connectivity index (χ1v) is 2.00. The first-order valence-electron chi connectivity index (χ1n) is 0.667. The van der Waals surface area contributed by atoms with Crippen LogP contribution in [-0.4, -0.2) is 44.9 Å². The molecule has 0 bridgehead atoms. The van der Waals surface area contributed by atoms with Crippen LogP contribution in [0, 0.1) is 41.7 Å². The number of rotatable bonds is 0. The Hall–Kier alpha value is 1.05. The molecule has 0 amide bonds. The molecule has 11 heteroatoms. The van der Waals surface area contributed by atoms with Gasteiger partial charge in [0.05, 0.1) is 0 Å². The molecule has 0 aromatic heterocycles. The van der Waals surface area contributed by atoms with Crippen LogP contribution in [0.5, 0.6) is 0 Å². The van der Waals surface area contributed by atoms with Crippen molar-refractivity contribution < 1.29 is 86.7 Å². The Balaban J connectivity index is -0.00000000533. The average Bonchev–Trinajstić information content (AvgIpc) is 0.722. The van der Waals surface area contributed by atoms with Gasteiger partial charge in [0.25, 0.3) is 0 Å². The summed E-state index contributed by atoms with van der Waals surface area (Å²) < 4.78 is 34.1. The van der Waals surface area contributed by atoms with E-state index in [0.29, 0.717) is 0 Å². The van der Waals surface area contributed by atoms with E-state index in [1.54, 1.807) is 0 Å². The van der Waals surface area contributed by atoms with Crippen LogP contribution in [0.3, 0.4) is 0 Å². The maximum atomic E-state index is 8.52. The fraction of sp³-hybridized carbons (Fsp3) is 0. The van der Waals surface area contributed by atoms with Gasteiger partial charge < -0.3 is 36.5 Å². The summed E-state index contributed by atoms with van der Waals surface area (Å²) in [4.78, 5) is 0. The molecule has 0 fully saturated rings. The van der Waals surface area contributed by atoms with Gasteiger partial charge >= 0.3 is 0 Å². The van der Waals surface area contributed by atoms with Gasteiger partial charge in [0.2, 0.25) is 0 Å². The van der Waals surface area contributed by atoms with Crippen LogP contribution < -0.4 is 0 Å². The van der Waals surface area contributed by atoms with E-state index < -0.39 is 10.4 Å². The maximum absolute atomic E-state index is 8.52. The van der Waals surface area contributed by atoms with Crippen molar-refractivity contribution in [3.8, 4) is 0 Å². The van der Waals surface area contributed by atoms with Crippen molar-refractivity contribution in [1.29, 1.82) is 0 Å². The second-order valence-electron chi connectivity index (χ2n) is 0.408. The van der Waals surface area contributed by atoms with Crippen LogP contribution in [0.25, 0.3) is 0 Å². The monoisotopic (exact) mass is 326 g/mol. The third-order valence-corrected chi connectivity index (χ3v) is 0. The first-order chi connectivity index (χ1) is 2.00. The van der Waals surface area contributed by atoms with Crippen LogP contribution >= 0.6 is 0 Å². The smallest absolute Gasteiger partial charge is 0.0311 e. The van der Waals surface area contributed by atoms with E-state index in [4.69, 9.17) is 17.5 Å². The Labute approximate surface area is 96.3 Å². The Kier molecular flexibility index (Phi) is 118. The van der Waals surface area contributed by atoms with Crippen LogP contribution in [-0.2, 0) is 10.4 Å². The minimum atomic E-state index is -5.17. The van der Waals surface area contributed by atoms with Gasteiger partial charge in [0.1, 0.15) is 0 Å². The van der Waals surface area contributed by atoms with Crippen LogP contribution in [0.4, 0.5) is 0 Å². The molecule has 0 rings (SSSR count). The van der Waals surface area contributed by atoms with Gasteiger partial charge in [-0.25, -0.2) is 0 Å². The third-order valence-electron chi connectivity index (χ3n) is 0. The SMILES string of the molecule is O.O.O.O.O.O=S(=O)([O-])[O-].[Ce]. The zero-order valence-corrected chi connectivity index (χ0v) is 9.00. The number of hydrogen-bond acceptors (Lipinski definition) is 4. The molecule has 0 saturated heterocycles. The van der Waals surface area contributed by atoms with Crippen LogP contribution in [0.15, 0.2) is 0 Å². The molecule has 0 aromatic carbocycles. The van der Waals surface area contributed by atoms with Crippen LogP contribution in [0.2, 0.25) is 0 Å². The molecule has 11 heavy (non-hydrogen) atoms. The summed E-state index contributed by atoms with van der Waals surface area (Å²) in [6.07, 6.45) is 0. The summed E-state index contributed by atoms with van der Waals surface area (Å²) in [6, 6.07) is 0. The van der Waals surface area contributed by atoms with Crippen molar-refractivity contribution in [3.63, 3.8) is 0 Å². The van der Waals surface area contributed by atoms with Gasteiger partial charge in [0, 0.05) is 52.1 Å². The molecule has 0 aromatic rings. The van der Waals surface area contributed by atoms with Crippen molar-refractivity contribution in [2.75, 3.05) is 0 Å². The van der Waals surface area contributed by atoms with Gasteiger partial charge in [0.15, 0.2) is 0 Å². The maximum Gasteiger partial charge on any atom is 0.0311 e. The Morgan fingerprint density at radius 3 is 0.727 bits per heavy atom. The molecule has 0 radical (unpaired) electrons. The van der Waals surface area contributed by atoms with E-state index in [0.717, 1.165) is 0 Å². The van der Waals surface area contributed by atoms with Gasteiger partial charge in [-0.05, 0) is 0 Å². The predicted molar refractivity (Wildman–Crippen MR) is 28.5 cm³/mol. The topological polar surface area (TPSA) is 238 Å². The zero-order valence-electron chi connectivity index (χ0n) is 5.04. The van der Waals surface area contributed by atoms with E-state index in [-0.39, 0.29) is 69.1 Å². The number of hydrogen-bond donors (Lipinski definition) is 0. The molecule has 10 N–H and O–H groups in total. The van der Waals surface area contributed by atoms with E-state index in [1.165, 1.54) is 0 Å². The van der Waals surface area contributed by atoms with Crippen molar-refractivity contribution in [2.24, 2.45) is 0 Å². The van der Waals surface area contributed by atoms with Gasteiger partial charge in [-0.2, -0.15) is 0 Å². The summed E-state index contributed by atoms with van der Waals surface area (Å²) in [5.41, 5.74) is 0. The summed E-state index contributed by atoms with van der Waals surface area (Å²) in [5, 5.41) is 0. The molecule has 0 aliphatic rings. The molecule has 0 aliphatic carbocycles. The molecule has 0 spiro atoms. The van der Waals surface area contributed by atoms with Crippen molar-refractivity contribution >= 4 is 10.4 Å². The fourth-order valence-corrected chi connectivity index (χ4v) is 0. The summed E-state index contributed by atoms with van der Waals surface area (Å²) in [5.74, 6) is 0. The van der Waals surface area contributed by atoms with Crippen LogP contribution in [0.1, 0.15) is 0 Å². The molecule has 0 heterocycles. The van der Waals surface area contributed by atoms with E-state index in [9.17, 15) is 0 Å². The average molecular weight is 326 g/mol. The molecule has 0 aliphatic heterocycles. The molecule has 0 atom stereocenters. The van der Waals surface area contributed by atoms with E-state index in [1.807, 2.05) is 0 Å². The Morgan fingerprint density at radius 2 is 0.727 bits per heavy atom. The Morgan fingerprint density at radius 1 is 0.727 bits per heavy atom. The van der Waals surface area contributed by atoms with Gasteiger partial charge in [-0.3, -0.25) is 8.42 Å². The molecule has 9 nitrogen and oxygen atoms in total. The third kappa shape index (κ3) is 825. The minimum Gasteiger partial charge on any atom is -0.759 e. The standard InChI is InChI=1S/Ce.H2O4S.5H2O/c;1-5(2,3)4;;;;;/h;(H2,1,2,3,4);5*1H2/p-2. The predicted octanol–water partition coefficient (Wildman–Crippen LogP) is -5.46. The largest absolute Gasteiger partial charge is 0.759 e. The summed E-state index contributed by atoms with van der Waals surface area (Å²) in [7, 11) is -5.17. The molecular formula is H10CeO9S-2. The molecule has 76 valence electrons. The first kappa shape index (κ1) is 57.7. The second-order valence-corrected chi connectivity index (χ2v) is 1.22. The molecule has 0 saturated carbocycles. The van der Waals surface area contributed by atoms with Gasteiger partial charge in [-0.15, -0.1) is 0 Å². The van der Waals surface area contributed by atoms with Crippen molar-refractivity contribution in [2.45, 2.75) is 0 Å². The van der Waals surface area contributed by atoms with E-state index in [2.05, 4.69) is 0 Å². The minimum absolute atomic E-state index is 0. The zero-order chi connectivity index (χ0) is 4.50. The normalized spacial score (nSPS) is 5.27. The molecular weight excluding hydrogens is 316 g/mol. The van der Waals surface area contributed by atoms with Crippen molar-refractivity contribution in [3.05, 3.63) is 0 Å². The molecule has 0 unspecified atom stereocenters. The fourth-order valence-electron chi connectivity index (χ4n) is 0. The second kappa shape index (κ2) is 22.5. The summed E-state index contributed by atoms with van der Waals surface area (Å²) >= 11 is 0. The van der Waals surface area contributed by atoms with Gasteiger partial charge in [-0.1, -0.05) is 0 Å². The van der Waals surface area contributed by atoms with Crippen molar-refractivity contribution in [1.82, 2.24) is 0 Å². The summed E-state index contributed by atoms with van der Waals surface area (Å²) in [6.45, 7) is 0.